The van der Waals surface area contributed by atoms with E-state index in [0.717, 1.165) is 43.6 Å². The van der Waals surface area contributed by atoms with Crippen LogP contribution in [0.1, 0.15) is 24.0 Å². The summed E-state index contributed by atoms with van der Waals surface area (Å²) in [5.74, 6) is 0.197. The summed E-state index contributed by atoms with van der Waals surface area (Å²) in [7, 11) is 0. The van der Waals surface area contributed by atoms with Crippen molar-refractivity contribution < 1.29 is 14.3 Å². The first-order valence-electron chi connectivity index (χ1n) is 8.92. The van der Waals surface area contributed by atoms with Crippen molar-refractivity contribution in [2.75, 3.05) is 19.7 Å². The smallest absolute Gasteiger partial charge is 0.255 e. The van der Waals surface area contributed by atoms with Gasteiger partial charge in [-0.3, -0.25) is 14.7 Å². The van der Waals surface area contributed by atoms with Crippen LogP contribution in [0.4, 0.5) is 0 Å². The molecule has 1 fully saturated rings. The number of rotatable bonds is 8. The first-order valence-corrected chi connectivity index (χ1v) is 8.92. The Bertz CT molecular complexity index is 708. The Kier molecular flexibility index (Phi) is 6.57. The van der Waals surface area contributed by atoms with Crippen molar-refractivity contribution in [2.45, 2.75) is 32.1 Å². The van der Waals surface area contributed by atoms with Crippen molar-refractivity contribution in [3.8, 4) is 5.75 Å². The highest BCUT2D eigenvalue weighted by molar-refractivity contribution is 5.75. The van der Waals surface area contributed by atoms with E-state index in [-0.39, 0.29) is 12.7 Å². The van der Waals surface area contributed by atoms with Crippen LogP contribution in [0.15, 0.2) is 48.8 Å². The number of amides is 1. The molecule has 1 aliphatic rings. The lowest BCUT2D eigenvalue weighted by molar-refractivity contribution is -0.119. The molecule has 6 heteroatoms. The Morgan fingerprint density at radius 1 is 1.27 bits per heavy atom. The number of nitrogens with two attached hydrogens (primary N) is 1. The molecule has 2 N–H and O–H groups in total. The third-order valence-corrected chi connectivity index (χ3v) is 4.36. The van der Waals surface area contributed by atoms with E-state index in [9.17, 15) is 4.79 Å². The Hall–Kier alpha value is -2.44. The van der Waals surface area contributed by atoms with Crippen LogP contribution in [0.25, 0.3) is 0 Å². The molecule has 6 nitrogen and oxygen atoms in total. The molecule has 0 saturated carbocycles. The largest absolute Gasteiger partial charge is 0.484 e. The van der Waals surface area contributed by atoms with E-state index in [4.69, 9.17) is 15.2 Å². The van der Waals surface area contributed by atoms with Crippen LogP contribution in [0, 0.1) is 0 Å². The minimum atomic E-state index is -0.472. The zero-order valence-electron chi connectivity index (χ0n) is 14.8. The van der Waals surface area contributed by atoms with Crippen LogP contribution < -0.4 is 10.5 Å². The number of pyridine rings is 1. The van der Waals surface area contributed by atoms with Gasteiger partial charge in [-0.05, 0) is 48.7 Å². The van der Waals surface area contributed by atoms with Crippen LogP contribution in [0.2, 0.25) is 0 Å². The van der Waals surface area contributed by atoms with Crippen molar-refractivity contribution in [1.82, 2.24) is 9.88 Å². The predicted octanol–water partition coefficient (Wildman–Crippen LogP) is 2.13. The van der Waals surface area contributed by atoms with Gasteiger partial charge in [0, 0.05) is 25.5 Å². The van der Waals surface area contributed by atoms with Crippen LogP contribution in [-0.2, 0) is 22.7 Å². The molecule has 0 radical (unpaired) electrons. The van der Waals surface area contributed by atoms with Gasteiger partial charge in [0.2, 0.25) is 0 Å². The number of nitrogens with zero attached hydrogens (tertiary/aromatic N) is 2. The van der Waals surface area contributed by atoms with Crippen LogP contribution in [0.5, 0.6) is 5.75 Å². The zero-order chi connectivity index (χ0) is 18.2. The summed E-state index contributed by atoms with van der Waals surface area (Å²) < 4.78 is 11.5. The van der Waals surface area contributed by atoms with Crippen molar-refractivity contribution in [3.63, 3.8) is 0 Å². The lowest BCUT2D eigenvalue weighted by Gasteiger charge is -2.32. The second kappa shape index (κ2) is 9.31. The third kappa shape index (κ3) is 5.82. The first kappa shape index (κ1) is 18.4. The number of hydrogen-bond donors (Lipinski definition) is 1. The highest BCUT2D eigenvalue weighted by atomic mass is 16.5. The van der Waals surface area contributed by atoms with Gasteiger partial charge in [0.15, 0.2) is 6.61 Å². The second-order valence-electron chi connectivity index (χ2n) is 6.57. The zero-order valence-corrected chi connectivity index (χ0v) is 14.8. The fraction of sp³-hybridized carbons (Fsp3) is 0.400. The lowest BCUT2D eigenvalue weighted by atomic mass is 10.1. The minimum absolute atomic E-state index is 0.0998. The average molecular weight is 355 g/mol. The van der Waals surface area contributed by atoms with Crippen molar-refractivity contribution in [2.24, 2.45) is 5.73 Å². The van der Waals surface area contributed by atoms with Crippen LogP contribution >= 0.6 is 0 Å². The van der Waals surface area contributed by atoms with E-state index in [2.05, 4.69) is 16.0 Å². The number of primary amides is 1. The van der Waals surface area contributed by atoms with E-state index < -0.39 is 5.91 Å². The molecule has 138 valence electrons. The van der Waals surface area contributed by atoms with Crippen molar-refractivity contribution in [1.29, 1.82) is 0 Å². The molecular formula is C20H25N3O3. The maximum absolute atomic E-state index is 10.8. The molecule has 0 aliphatic carbocycles. The highest BCUT2D eigenvalue weighted by Crippen LogP contribution is 2.19. The molecule has 1 aromatic carbocycles. The van der Waals surface area contributed by atoms with E-state index in [1.165, 1.54) is 0 Å². The molecule has 2 heterocycles. The minimum Gasteiger partial charge on any atom is -0.484 e. The molecule has 1 unspecified atom stereocenters. The molecule has 1 aliphatic heterocycles. The van der Waals surface area contributed by atoms with Crippen molar-refractivity contribution >= 4 is 5.91 Å². The lowest BCUT2D eigenvalue weighted by Crippen LogP contribution is -2.39. The van der Waals surface area contributed by atoms with Gasteiger partial charge in [-0.1, -0.05) is 18.2 Å². The van der Waals surface area contributed by atoms with Gasteiger partial charge in [0.1, 0.15) is 5.75 Å². The number of hydrogen-bond acceptors (Lipinski definition) is 5. The maximum Gasteiger partial charge on any atom is 0.255 e. The Morgan fingerprint density at radius 3 is 2.96 bits per heavy atom. The summed E-state index contributed by atoms with van der Waals surface area (Å²) in [4.78, 5) is 17.4. The van der Waals surface area contributed by atoms with Gasteiger partial charge in [0.05, 0.1) is 12.7 Å². The van der Waals surface area contributed by atoms with E-state index in [0.29, 0.717) is 12.4 Å². The molecule has 1 atom stereocenters. The standard InChI is InChI=1S/C20H25N3O3/c21-20(24)15-26-18-6-1-4-16(10-18)12-23-9-3-7-19(13-23)25-14-17-5-2-8-22-11-17/h1-2,4-6,8,10-11,19H,3,7,9,12-15H2,(H2,21,24). The van der Waals surface area contributed by atoms with E-state index >= 15 is 0 Å². The van der Waals surface area contributed by atoms with E-state index in [1.54, 1.807) is 6.20 Å². The molecule has 0 bridgehead atoms. The SMILES string of the molecule is NC(=O)COc1cccc(CN2CCCC(OCc3cccnc3)C2)c1. The molecule has 1 amide bonds. The molecule has 0 spiro atoms. The fourth-order valence-electron chi connectivity index (χ4n) is 3.14. The summed E-state index contributed by atoms with van der Waals surface area (Å²) in [6, 6.07) is 11.8. The number of benzene rings is 1. The van der Waals surface area contributed by atoms with Gasteiger partial charge in [-0.15, -0.1) is 0 Å². The molecule has 1 aromatic heterocycles. The summed E-state index contributed by atoms with van der Waals surface area (Å²) >= 11 is 0. The Labute approximate surface area is 153 Å². The normalized spacial score (nSPS) is 17.8. The molecule has 2 aromatic rings. The topological polar surface area (TPSA) is 77.7 Å². The van der Waals surface area contributed by atoms with Crippen LogP contribution in [-0.4, -0.2) is 41.6 Å². The summed E-state index contributed by atoms with van der Waals surface area (Å²) in [6.45, 7) is 3.30. The van der Waals surface area contributed by atoms with Gasteiger partial charge < -0.3 is 15.2 Å². The number of likely N-dealkylation sites (tertiary alicyclic amines) is 1. The summed E-state index contributed by atoms with van der Waals surface area (Å²) in [5, 5.41) is 0. The second-order valence-corrected chi connectivity index (χ2v) is 6.57. The molecule has 1 saturated heterocycles. The van der Waals surface area contributed by atoms with E-state index in [1.807, 2.05) is 36.5 Å². The van der Waals surface area contributed by atoms with Crippen molar-refractivity contribution in [3.05, 3.63) is 59.9 Å². The molecule has 3 rings (SSSR count). The van der Waals surface area contributed by atoms with Gasteiger partial charge in [-0.25, -0.2) is 0 Å². The number of piperidine rings is 1. The molecular weight excluding hydrogens is 330 g/mol. The highest BCUT2D eigenvalue weighted by Gasteiger charge is 2.20. The van der Waals surface area contributed by atoms with Gasteiger partial charge >= 0.3 is 0 Å². The third-order valence-electron chi connectivity index (χ3n) is 4.36. The average Bonchev–Trinajstić information content (AvgIpc) is 2.66. The Balaban J connectivity index is 1.50. The Morgan fingerprint density at radius 2 is 2.15 bits per heavy atom. The molecule has 26 heavy (non-hydrogen) atoms. The summed E-state index contributed by atoms with van der Waals surface area (Å²) in [6.07, 6.45) is 6.05. The predicted molar refractivity (Wildman–Crippen MR) is 98.5 cm³/mol. The quantitative estimate of drug-likeness (QED) is 0.785. The summed E-state index contributed by atoms with van der Waals surface area (Å²) in [5.41, 5.74) is 7.38. The number of carbonyl (C=O) groups is 1. The monoisotopic (exact) mass is 355 g/mol. The maximum atomic E-state index is 10.8. The number of ether oxygens (including phenoxy) is 2. The van der Waals surface area contributed by atoms with Gasteiger partial charge in [0.25, 0.3) is 5.91 Å². The number of carbonyl (C=O) groups excluding carboxylic acids is 1. The number of aromatic nitrogens is 1. The van der Waals surface area contributed by atoms with Crippen LogP contribution in [0.3, 0.4) is 0 Å². The fourth-order valence-corrected chi connectivity index (χ4v) is 3.14. The first-order chi connectivity index (χ1) is 12.7. The van der Waals surface area contributed by atoms with Gasteiger partial charge in [-0.2, -0.15) is 0 Å².